The maximum Gasteiger partial charge on any atom is 0.213 e. The minimum Gasteiger partial charge on any atom is -0.341 e. The van der Waals surface area contributed by atoms with Crippen molar-refractivity contribution < 1.29 is 4.39 Å². The maximum absolute atomic E-state index is 13.5. The fourth-order valence-electron chi connectivity index (χ4n) is 3.68. The van der Waals surface area contributed by atoms with Gasteiger partial charge in [-0.2, -0.15) is 4.39 Å². The van der Waals surface area contributed by atoms with E-state index in [-0.39, 0.29) is 0 Å². The first-order chi connectivity index (χ1) is 16.1. The van der Waals surface area contributed by atoms with Gasteiger partial charge in [-0.25, -0.2) is 19.9 Å². The number of nitrogens with one attached hydrogen (secondary N) is 2. The van der Waals surface area contributed by atoms with Crippen LogP contribution in [0.3, 0.4) is 0 Å². The molecule has 0 atom stereocenters. The zero-order chi connectivity index (χ0) is 22.8. The number of hydrogen-bond donors (Lipinski definition) is 2. The standard InChI is InChI=1S/C26H21FN6/c1-16-13-21(27)28-14-20(16)31-25-17(2)22-24(30-15-29-22)26(33-25)32-23(18-9-5-3-6-10-18)19-11-7-4-8-12-19/h3-15H,1-2H3,(H,29,30)(H,31,33). The van der Waals surface area contributed by atoms with Crippen LogP contribution in [0.15, 0.2) is 84.2 Å². The lowest BCUT2D eigenvalue weighted by Gasteiger charge is -2.13. The van der Waals surface area contributed by atoms with Crippen molar-refractivity contribution in [2.24, 2.45) is 4.99 Å². The molecule has 0 aliphatic carbocycles. The Morgan fingerprint density at radius 1 is 0.939 bits per heavy atom. The van der Waals surface area contributed by atoms with Crippen LogP contribution in [0.25, 0.3) is 11.0 Å². The van der Waals surface area contributed by atoms with Gasteiger partial charge in [-0.15, -0.1) is 0 Å². The van der Waals surface area contributed by atoms with Gasteiger partial charge in [0.25, 0.3) is 0 Å². The van der Waals surface area contributed by atoms with Crippen LogP contribution in [-0.4, -0.2) is 25.6 Å². The smallest absolute Gasteiger partial charge is 0.213 e. The van der Waals surface area contributed by atoms with Gasteiger partial charge in [-0.05, 0) is 25.5 Å². The monoisotopic (exact) mass is 436 g/mol. The van der Waals surface area contributed by atoms with Crippen molar-refractivity contribution in [2.45, 2.75) is 13.8 Å². The van der Waals surface area contributed by atoms with Crippen LogP contribution in [0.4, 0.5) is 21.7 Å². The summed E-state index contributed by atoms with van der Waals surface area (Å²) in [6.45, 7) is 3.76. The predicted octanol–water partition coefficient (Wildman–Crippen LogP) is 6.02. The summed E-state index contributed by atoms with van der Waals surface area (Å²) in [7, 11) is 0. The molecule has 0 aliphatic rings. The van der Waals surface area contributed by atoms with Gasteiger partial charge in [0.2, 0.25) is 5.95 Å². The molecule has 33 heavy (non-hydrogen) atoms. The van der Waals surface area contributed by atoms with Crippen molar-refractivity contribution >= 4 is 34.1 Å². The number of benzene rings is 2. The fourth-order valence-corrected chi connectivity index (χ4v) is 3.68. The van der Waals surface area contributed by atoms with Crippen LogP contribution in [0.1, 0.15) is 22.3 Å². The first kappa shape index (κ1) is 20.5. The largest absolute Gasteiger partial charge is 0.341 e. The third-order valence-electron chi connectivity index (χ3n) is 5.43. The molecule has 2 aromatic carbocycles. The highest BCUT2D eigenvalue weighted by Crippen LogP contribution is 2.32. The molecular formula is C26H21FN6. The minimum atomic E-state index is -0.522. The number of imidazole rings is 1. The third kappa shape index (κ3) is 4.08. The Kier molecular flexibility index (Phi) is 5.36. The van der Waals surface area contributed by atoms with E-state index in [0.29, 0.717) is 17.3 Å². The van der Waals surface area contributed by atoms with E-state index in [2.05, 4.69) is 20.3 Å². The van der Waals surface area contributed by atoms with Crippen LogP contribution in [0.2, 0.25) is 0 Å². The molecule has 0 saturated carbocycles. The van der Waals surface area contributed by atoms with Crippen molar-refractivity contribution in [1.29, 1.82) is 0 Å². The molecule has 162 valence electrons. The van der Waals surface area contributed by atoms with E-state index in [1.54, 1.807) is 6.33 Å². The quantitative estimate of drug-likeness (QED) is 0.261. The Morgan fingerprint density at radius 3 is 2.24 bits per heavy atom. The first-order valence-electron chi connectivity index (χ1n) is 10.5. The summed E-state index contributed by atoms with van der Waals surface area (Å²) in [5.74, 6) is 0.572. The fraction of sp³-hybridized carbons (Fsp3) is 0.0769. The number of H-pyrrole nitrogens is 1. The Labute approximate surface area is 190 Å². The average molecular weight is 436 g/mol. The summed E-state index contributed by atoms with van der Waals surface area (Å²) >= 11 is 0. The molecule has 0 amide bonds. The van der Waals surface area contributed by atoms with Crippen molar-refractivity contribution in [3.8, 4) is 0 Å². The van der Waals surface area contributed by atoms with E-state index in [4.69, 9.17) is 9.98 Å². The zero-order valence-corrected chi connectivity index (χ0v) is 18.2. The summed E-state index contributed by atoms with van der Waals surface area (Å²) in [4.78, 5) is 21.3. The number of fused-ring (bicyclic) bond motifs is 1. The molecule has 0 unspecified atom stereocenters. The van der Waals surface area contributed by atoms with Gasteiger partial charge < -0.3 is 10.3 Å². The lowest BCUT2D eigenvalue weighted by Crippen LogP contribution is -2.04. The molecule has 0 aliphatic heterocycles. The van der Waals surface area contributed by atoms with Crippen molar-refractivity contribution in [2.75, 3.05) is 5.32 Å². The van der Waals surface area contributed by atoms with Crippen molar-refractivity contribution in [1.82, 2.24) is 19.9 Å². The number of halogens is 1. The number of hydrogen-bond acceptors (Lipinski definition) is 5. The average Bonchev–Trinajstić information content (AvgIpc) is 3.33. The Hall–Kier alpha value is -4.39. The van der Waals surface area contributed by atoms with E-state index < -0.39 is 5.95 Å². The highest BCUT2D eigenvalue weighted by atomic mass is 19.1. The zero-order valence-electron chi connectivity index (χ0n) is 18.2. The number of rotatable bonds is 5. The number of aliphatic imine (C=N–C) groups is 1. The molecule has 0 fully saturated rings. The Bertz CT molecular complexity index is 1420. The molecule has 0 bridgehead atoms. The van der Waals surface area contributed by atoms with Crippen LogP contribution < -0.4 is 5.32 Å². The lowest BCUT2D eigenvalue weighted by molar-refractivity contribution is 0.583. The normalized spacial score (nSPS) is 10.9. The van der Waals surface area contributed by atoms with E-state index in [1.165, 1.54) is 12.3 Å². The van der Waals surface area contributed by atoms with Gasteiger partial charge >= 0.3 is 0 Å². The molecule has 5 aromatic rings. The van der Waals surface area contributed by atoms with E-state index in [0.717, 1.165) is 39.0 Å². The minimum absolute atomic E-state index is 0.506. The van der Waals surface area contributed by atoms with Gasteiger partial charge in [0.1, 0.15) is 11.3 Å². The van der Waals surface area contributed by atoms with E-state index in [1.807, 2.05) is 74.5 Å². The maximum atomic E-state index is 13.5. The van der Waals surface area contributed by atoms with Crippen LogP contribution in [0, 0.1) is 19.8 Å². The highest BCUT2D eigenvalue weighted by Gasteiger charge is 2.16. The molecule has 2 N–H and O–H groups in total. The van der Waals surface area contributed by atoms with Gasteiger partial charge in [0.05, 0.1) is 29.4 Å². The molecule has 0 spiro atoms. The molecule has 6 nitrogen and oxygen atoms in total. The van der Waals surface area contributed by atoms with Crippen LogP contribution >= 0.6 is 0 Å². The number of aromatic amines is 1. The summed E-state index contributed by atoms with van der Waals surface area (Å²) in [5, 5.41) is 3.28. The first-order valence-corrected chi connectivity index (χ1v) is 10.5. The topological polar surface area (TPSA) is 78.9 Å². The van der Waals surface area contributed by atoms with Gasteiger partial charge in [0, 0.05) is 16.7 Å². The van der Waals surface area contributed by atoms with Crippen LogP contribution in [-0.2, 0) is 0 Å². The van der Waals surface area contributed by atoms with Gasteiger partial charge in [0.15, 0.2) is 5.82 Å². The van der Waals surface area contributed by atoms with Gasteiger partial charge in [-0.1, -0.05) is 60.7 Å². The number of aryl methyl sites for hydroxylation is 2. The molecule has 3 aromatic heterocycles. The molecule has 0 saturated heterocycles. The van der Waals surface area contributed by atoms with Crippen LogP contribution in [0.5, 0.6) is 0 Å². The second-order valence-electron chi connectivity index (χ2n) is 7.67. The van der Waals surface area contributed by atoms with E-state index >= 15 is 0 Å². The summed E-state index contributed by atoms with van der Waals surface area (Å²) < 4.78 is 13.5. The predicted molar refractivity (Wildman–Crippen MR) is 129 cm³/mol. The Morgan fingerprint density at radius 2 is 1.61 bits per heavy atom. The lowest BCUT2D eigenvalue weighted by atomic mass is 10.0. The second kappa shape index (κ2) is 8.63. The SMILES string of the molecule is Cc1cc(F)ncc1Nc1nc(N=C(c2ccccc2)c2ccccc2)c2[nH]cnc2c1C. The molecule has 7 heteroatoms. The molecular weight excluding hydrogens is 415 g/mol. The Balaban J connectivity index is 1.69. The van der Waals surface area contributed by atoms with Crippen molar-refractivity contribution in [3.63, 3.8) is 0 Å². The molecule has 3 heterocycles. The molecule has 0 radical (unpaired) electrons. The van der Waals surface area contributed by atoms with E-state index in [9.17, 15) is 4.39 Å². The number of anilines is 2. The molecule has 5 rings (SSSR count). The van der Waals surface area contributed by atoms with Gasteiger partial charge in [-0.3, -0.25) is 0 Å². The number of nitrogens with zero attached hydrogens (tertiary/aromatic N) is 4. The second-order valence-corrected chi connectivity index (χ2v) is 7.67. The summed E-state index contributed by atoms with van der Waals surface area (Å²) in [5.41, 5.74) is 6.52. The third-order valence-corrected chi connectivity index (χ3v) is 5.43. The summed E-state index contributed by atoms with van der Waals surface area (Å²) in [6, 6.07) is 21.4. The highest BCUT2D eigenvalue weighted by molar-refractivity contribution is 6.14. The number of aromatic nitrogens is 4. The number of pyridine rings is 2. The van der Waals surface area contributed by atoms with Crippen molar-refractivity contribution in [3.05, 3.63) is 107 Å². The summed E-state index contributed by atoms with van der Waals surface area (Å²) in [6.07, 6.45) is 3.10.